The highest BCUT2D eigenvalue weighted by atomic mass is 16.5. The Morgan fingerprint density at radius 2 is 2.09 bits per heavy atom. The van der Waals surface area contributed by atoms with Crippen LogP contribution in [0.1, 0.15) is 23.6 Å². The summed E-state index contributed by atoms with van der Waals surface area (Å²) in [4.78, 5) is 27.5. The van der Waals surface area contributed by atoms with E-state index in [-0.39, 0.29) is 11.7 Å². The number of benzene rings is 2. The van der Waals surface area contributed by atoms with Crippen molar-refractivity contribution in [2.75, 3.05) is 20.3 Å². The van der Waals surface area contributed by atoms with Gasteiger partial charge < -0.3 is 9.47 Å². The summed E-state index contributed by atoms with van der Waals surface area (Å²) in [7, 11) is 1.60. The monoisotopic (exact) mass is 467 g/mol. The molecule has 2 aromatic carbocycles. The van der Waals surface area contributed by atoms with Gasteiger partial charge in [-0.05, 0) is 24.3 Å². The Morgan fingerprint density at radius 3 is 2.94 bits per heavy atom. The van der Waals surface area contributed by atoms with Gasteiger partial charge in [-0.3, -0.25) is 13.7 Å². The summed E-state index contributed by atoms with van der Waals surface area (Å²) < 4.78 is 16.2. The van der Waals surface area contributed by atoms with Gasteiger partial charge in [-0.15, -0.1) is 0 Å². The predicted molar refractivity (Wildman–Crippen MR) is 128 cm³/mol. The first kappa shape index (κ1) is 21.1. The average Bonchev–Trinajstić information content (AvgIpc) is 3.44. The third-order valence-electron chi connectivity index (χ3n) is 6.34. The van der Waals surface area contributed by atoms with Crippen LogP contribution >= 0.6 is 0 Å². The molecule has 0 fully saturated rings. The van der Waals surface area contributed by atoms with Crippen LogP contribution in [0.5, 0.6) is 5.75 Å². The highest BCUT2D eigenvalue weighted by Gasteiger charge is 2.28. The Kier molecular flexibility index (Phi) is 5.04. The molecule has 10 heteroatoms. The van der Waals surface area contributed by atoms with Crippen LogP contribution in [-0.4, -0.2) is 49.0 Å². The molecule has 1 aliphatic heterocycles. The van der Waals surface area contributed by atoms with Gasteiger partial charge in [0, 0.05) is 19.1 Å². The fourth-order valence-corrected chi connectivity index (χ4v) is 4.67. The van der Waals surface area contributed by atoms with Crippen molar-refractivity contribution in [2.45, 2.75) is 19.0 Å². The molecular weight excluding hydrogens is 446 g/mol. The largest absolute Gasteiger partial charge is 0.493 e. The van der Waals surface area contributed by atoms with Crippen molar-refractivity contribution >= 4 is 22.2 Å². The molecule has 6 rings (SSSR count). The van der Waals surface area contributed by atoms with Gasteiger partial charge in [0.1, 0.15) is 17.6 Å². The maximum atomic E-state index is 13.7. The molecule has 3 aromatic heterocycles. The lowest BCUT2D eigenvalue weighted by molar-refractivity contribution is 0.186. The van der Waals surface area contributed by atoms with Crippen LogP contribution < -0.4 is 10.4 Å². The third-order valence-corrected chi connectivity index (χ3v) is 6.34. The van der Waals surface area contributed by atoms with E-state index in [1.807, 2.05) is 24.3 Å². The van der Waals surface area contributed by atoms with E-state index in [0.29, 0.717) is 54.4 Å². The van der Waals surface area contributed by atoms with E-state index in [4.69, 9.17) is 14.5 Å². The van der Waals surface area contributed by atoms with E-state index in [0.717, 1.165) is 16.8 Å². The van der Waals surface area contributed by atoms with Crippen molar-refractivity contribution in [3.8, 4) is 17.8 Å². The van der Waals surface area contributed by atoms with Crippen LogP contribution in [-0.2, 0) is 11.3 Å². The Labute approximate surface area is 199 Å². The third kappa shape index (κ3) is 3.36. The summed E-state index contributed by atoms with van der Waals surface area (Å²) in [5.41, 5.74) is 3.87. The molecular formula is C25H21N7O3. The highest BCUT2D eigenvalue weighted by molar-refractivity contribution is 5.79. The van der Waals surface area contributed by atoms with Crippen molar-refractivity contribution in [2.24, 2.45) is 0 Å². The average molecular weight is 467 g/mol. The zero-order valence-electron chi connectivity index (χ0n) is 19.0. The van der Waals surface area contributed by atoms with Crippen LogP contribution in [0.3, 0.4) is 0 Å². The standard InChI is InChI=1S/C25H21N7O3/c1-34-11-9-30-21-14-27-24(31-15-28-18-7-6-16(13-26)12-20(18)31)29-23(21)32(25(30)33)19-8-10-35-22-5-3-2-4-17(19)22/h2-7,12,14-15,19H,8-11H2,1H3. The van der Waals surface area contributed by atoms with Crippen molar-refractivity contribution in [3.05, 3.63) is 76.6 Å². The van der Waals surface area contributed by atoms with E-state index < -0.39 is 0 Å². The lowest BCUT2D eigenvalue weighted by Gasteiger charge is -2.26. The van der Waals surface area contributed by atoms with Gasteiger partial charge in [0.25, 0.3) is 0 Å². The van der Waals surface area contributed by atoms with E-state index in [9.17, 15) is 10.1 Å². The van der Waals surface area contributed by atoms with Crippen molar-refractivity contribution in [1.82, 2.24) is 28.7 Å². The number of nitrogens with zero attached hydrogens (tertiary/aromatic N) is 7. The molecule has 0 N–H and O–H groups in total. The molecule has 0 saturated carbocycles. The summed E-state index contributed by atoms with van der Waals surface area (Å²) in [6, 6.07) is 15.0. The number of hydrogen-bond acceptors (Lipinski definition) is 7. The number of methoxy groups -OCH3 is 1. The molecule has 4 heterocycles. The molecule has 1 aliphatic rings. The Bertz CT molecular complexity index is 1670. The van der Waals surface area contributed by atoms with E-state index >= 15 is 0 Å². The molecule has 0 aliphatic carbocycles. The number of fused-ring (bicyclic) bond motifs is 3. The quantitative estimate of drug-likeness (QED) is 0.391. The minimum atomic E-state index is -0.230. The zero-order chi connectivity index (χ0) is 23.9. The van der Waals surface area contributed by atoms with Crippen LogP contribution in [0.25, 0.3) is 28.1 Å². The molecule has 0 saturated heterocycles. The van der Waals surface area contributed by atoms with E-state index in [1.165, 1.54) is 0 Å². The van der Waals surface area contributed by atoms with Gasteiger partial charge in [0.05, 0.1) is 54.7 Å². The van der Waals surface area contributed by atoms with Crippen molar-refractivity contribution < 1.29 is 9.47 Å². The number of ether oxygens (including phenoxy) is 2. The second kappa shape index (κ2) is 8.38. The molecule has 10 nitrogen and oxygen atoms in total. The summed E-state index contributed by atoms with van der Waals surface area (Å²) in [6.45, 7) is 1.26. The van der Waals surface area contributed by atoms with Crippen molar-refractivity contribution in [3.63, 3.8) is 0 Å². The number of imidazole rings is 2. The van der Waals surface area contributed by atoms with Gasteiger partial charge in [0.2, 0.25) is 5.95 Å². The second-order valence-electron chi connectivity index (χ2n) is 8.30. The van der Waals surface area contributed by atoms with E-state index in [2.05, 4.69) is 16.0 Å². The summed E-state index contributed by atoms with van der Waals surface area (Å²) in [5.74, 6) is 1.14. The van der Waals surface area contributed by atoms with Gasteiger partial charge >= 0.3 is 5.69 Å². The molecule has 0 amide bonds. The Balaban J connectivity index is 1.58. The maximum absolute atomic E-state index is 13.7. The van der Waals surface area contributed by atoms with Gasteiger partial charge in [-0.25, -0.2) is 14.8 Å². The number of para-hydroxylation sites is 1. The fraction of sp³-hybridized carbons (Fsp3) is 0.240. The number of hydrogen-bond donors (Lipinski definition) is 0. The number of nitriles is 1. The summed E-state index contributed by atoms with van der Waals surface area (Å²) >= 11 is 0. The van der Waals surface area contributed by atoms with Crippen LogP contribution in [0, 0.1) is 11.3 Å². The maximum Gasteiger partial charge on any atom is 0.331 e. The molecule has 5 aromatic rings. The Hall–Kier alpha value is -4.49. The fourth-order valence-electron chi connectivity index (χ4n) is 4.67. The minimum absolute atomic E-state index is 0.174. The van der Waals surface area contributed by atoms with Crippen molar-refractivity contribution in [1.29, 1.82) is 5.26 Å². The SMILES string of the molecule is COCCn1c(=O)n(C2CCOc3ccccc32)c2nc(-n3cnc4ccc(C#N)cc43)ncc21. The zero-order valence-corrected chi connectivity index (χ0v) is 19.0. The second-order valence-corrected chi connectivity index (χ2v) is 8.30. The lowest BCUT2D eigenvalue weighted by atomic mass is 10.0. The smallest absolute Gasteiger partial charge is 0.331 e. The first-order chi connectivity index (χ1) is 17.2. The number of aromatic nitrogens is 6. The highest BCUT2D eigenvalue weighted by Crippen LogP contribution is 2.35. The first-order valence-electron chi connectivity index (χ1n) is 11.3. The molecule has 35 heavy (non-hydrogen) atoms. The van der Waals surface area contributed by atoms with Crippen LogP contribution in [0.15, 0.2) is 59.8 Å². The van der Waals surface area contributed by atoms with Gasteiger partial charge in [0.15, 0.2) is 5.65 Å². The molecule has 0 spiro atoms. The van der Waals surface area contributed by atoms with Crippen LogP contribution in [0.2, 0.25) is 0 Å². The predicted octanol–water partition coefficient (Wildman–Crippen LogP) is 2.82. The first-order valence-corrected chi connectivity index (χ1v) is 11.3. The minimum Gasteiger partial charge on any atom is -0.493 e. The van der Waals surface area contributed by atoms with Gasteiger partial charge in [-0.2, -0.15) is 10.2 Å². The Morgan fingerprint density at radius 1 is 1.20 bits per heavy atom. The molecule has 0 bridgehead atoms. The molecule has 0 radical (unpaired) electrons. The topological polar surface area (TPSA) is 113 Å². The summed E-state index contributed by atoms with van der Waals surface area (Å²) in [5, 5.41) is 9.33. The van der Waals surface area contributed by atoms with Gasteiger partial charge in [-0.1, -0.05) is 18.2 Å². The molecule has 1 unspecified atom stereocenters. The van der Waals surface area contributed by atoms with E-state index in [1.54, 1.807) is 51.5 Å². The van der Waals surface area contributed by atoms with Crippen LogP contribution in [0.4, 0.5) is 0 Å². The number of rotatable bonds is 5. The summed E-state index contributed by atoms with van der Waals surface area (Å²) in [6.07, 6.45) is 3.93. The molecule has 174 valence electrons. The molecule has 1 atom stereocenters. The lowest BCUT2D eigenvalue weighted by Crippen LogP contribution is -2.31. The normalized spacial score (nSPS) is 15.1.